The van der Waals surface area contributed by atoms with Crippen LogP contribution in [0.1, 0.15) is 5.82 Å². The topological polar surface area (TPSA) is 67.0 Å². The summed E-state index contributed by atoms with van der Waals surface area (Å²) < 4.78 is 14.7. The lowest BCUT2D eigenvalue weighted by atomic mass is 10.2. The van der Waals surface area contributed by atoms with Crippen molar-refractivity contribution in [3.05, 3.63) is 84.9 Å². The van der Waals surface area contributed by atoms with Crippen molar-refractivity contribution in [2.75, 3.05) is 14.2 Å². The van der Waals surface area contributed by atoms with Crippen molar-refractivity contribution in [2.45, 2.75) is 10.9 Å². The van der Waals surface area contributed by atoms with E-state index >= 15 is 0 Å². The van der Waals surface area contributed by atoms with Crippen molar-refractivity contribution in [1.82, 2.24) is 24.3 Å². The van der Waals surface area contributed by atoms with Crippen LogP contribution in [0.2, 0.25) is 0 Å². The molecular weight excluding hydrogens is 422 g/mol. The Morgan fingerprint density at radius 1 is 0.812 bits per heavy atom. The number of hydrogen-bond donors (Lipinski definition) is 0. The average molecular weight is 444 g/mol. The van der Waals surface area contributed by atoms with Gasteiger partial charge in [-0.25, -0.2) is 4.98 Å². The number of nitrogens with zero attached hydrogens (tertiary/aromatic N) is 5. The minimum atomic E-state index is 0.634. The van der Waals surface area contributed by atoms with Crippen LogP contribution in [0.4, 0.5) is 0 Å². The maximum absolute atomic E-state index is 5.32. The average Bonchev–Trinajstić information content (AvgIpc) is 3.47. The van der Waals surface area contributed by atoms with E-state index in [1.165, 1.54) is 0 Å². The molecule has 0 N–H and O–H groups in total. The third kappa shape index (κ3) is 3.80. The van der Waals surface area contributed by atoms with E-state index in [9.17, 15) is 0 Å². The first kappa shape index (κ1) is 20.1. The number of hydrogen-bond acceptors (Lipinski definition) is 6. The van der Waals surface area contributed by atoms with Gasteiger partial charge in [0, 0.05) is 11.4 Å². The van der Waals surface area contributed by atoms with Crippen LogP contribution < -0.4 is 9.47 Å². The fraction of sp³-hybridized carbons (Fsp3) is 0.125. The van der Waals surface area contributed by atoms with Crippen molar-refractivity contribution in [2.24, 2.45) is 0 Å². The number of aromatic nitrogens is 5. The third-order valence-electron chi connectivity index (χ3n) is 5.16. The Morgan fingerprint density at radius 3 is 2.16 bits per heavy atom. The van der Waals surface area contributed by atoms with Crippen LogP contribution in [0.5, 0.6) is 11.5 Å². The molecule has 0 aliphatic carbocycles. The lowest BCUT2D eigenvalue weighted by Crippen LogP contribution is -2.01. The summed E-state index contributed by atoms with van der Waals surface area (Å²) in [5.41, 5.74) is 4.02. The van der Waals surface area contributed by atoms with Crippen molar-refractivity contribution >= 4 is 22.8 Å². The second-order valence-corrected chi connectivity index (χ2v) is 7.96. The molecule has 0 fully saturated rings. The number of thioether (sulfide) groups is 1. The van der Waals surface area contributed by atoms with E-state index in [0.717, 1.165) is 44.9 Å². The largest absolute Gasteiger partial charge is 0.497 e. The van der Waals surface area contributed by atoms with E-state index in [1.807, 2.05) is 71.3 Å². The lowest BCUT2D eigenvalue weighted by molar-refractivity contribution is 0.414. The number of benzene rings is 3. The SMILES string of the molecule is COc1ccc(-n2cnnc2SCc2nc3ccccc3n2-c2ccc(OC)cc2)cc1. The van der Waals surface area contributed by atoms with Gasteiger partial charge in [0.25, 0.3) is 0 Å². The van der Waals surface area contributed by atoms with Gasteiger partial charge in [0.2, 0.25) is 0 Å². The molecule has 2 aromatic heterocycles. The van der Waals surface area contributed by atoms with Crippen LogP contribution in [0.25, 0.3) is 22.4 Å². The fourth-order valence-corrected chi connectivity index (χ4v) is 4.41. The molecule has 0 bridgehead atoms. The van der Waals surface area contributed by atoms with Crippen molar-refractivity contribution in [1.29, 1.82) is 0 Å². The van der Waals surface area contributed by atoms with Gasteiger partial charge in [0.1, 0.15) is 23.7 Å². The predicted molar refractivity (Wildman–Crippen MR) is 125 cm³/mol. The number of rotatable bonds is 7. The maximum atomic E-state index is 5.32. The summed E-state index contributed by atoms with van der Waals surface area (Å²) in [5, 5.41) is 9.23. The van der Waals surface area contributed by atoms with Crippen LogP contribution in [0.15, 0.2) is 84.3 Å². The van der Waals surface area contributed by atoms with Gasteiger partial charge in [-0.2, -0.15) is 0 Å². The van der Waals surface area contributed by atoms with Crippen molar-refractivity contribution in [3.63, 3.8) is 0 Å². The summed E-state index contributed by atoms with van der Waals surface area (Å²) in [5.74, 6) is 3.20. The van der Waals surface area contributed by atoms with Gasteiger partial charge in [-0.05, 0) is 60.7 Å². The Labute approximate surface area is 189 Å². The molecule has 8 heteroatoms. The van der Waals surface area contributed by atoms with Gasteiger partial charge in [0.15, 0.2) is 5.16 Å². The highest BCUT2D eigenvalue weighted by Crippen LogP contribution is 2.29. The zero-order chi connectivity index (χ0) is 21.9. The zero-order valence-electron chi connectivity index (χ0n) is 17.7. The summed E-state index contributed by atoms with van der Waals surface area (Å²) >= 11 is 1.59. The van der Waals surface area contributed by atoms with Crippen LogP contribution in [-0.2, 0) is 5.75 Å². The van der Waals surface area contributed by atoms with Gasteiger partial charge in [-0.1, -0.05) is 23.9 Å². The number of fused-ring (bicyclic) bond motifs is 1. The van der Waals surface area contributed by atoms with Gasteiger partial charge in [-0.15, -0.1) is 10.2 Å². The molecule has 0 atom stereocenters. The molecule has 0 saturated carbocycles. The first-order valence-electron chi connectivity index (χ1n) is 10.0. The highest BCUT2D eigenvalue weighted by atomic mass is 32.2. The van der Waals surface area contributed by atoms with Crippen molar-refractivity contribution < 1.29 is 9.47 Å². The summed E-state index contributed by atoms with van der Waals surface area (Å²) in [7, 11) is 3.33. The molecular formula is C24H21N5O2S. The van der Waals surface area contributed by atoms with E-state index in [4.69, 9.17) is 14.5 Å². The van der Waals surface area contributed by atoms with E-state index in [0.29, 0.717) is 5.75 Å². The smallest absolute Gasteiger partial charge is 0.196 e. The van der Waals surface area contributed by atoms with Crippen LogP contribution in [0, 0.1) is 0 Å². The molecule has 0 radical (unpaired) electrons. The zero-order valence-corrected chi connectivity index (χ0v) is 18.5. The maximum Gasteiger partial charge on any atom is 0.196 e. The molecule has 2 heterocycles. The first-order valence-corrected chi connectivity index (χ1v) is 11.0. The molecule has 32 heavy (non-hydrogen) atoms. The quantitative estimate of drug-likeness (QED) is 0.333. The molecule has 160 valence electrons. The second kappa shape index (κ2) is 8.76. The number of methoxy groups -OCH3 is 2. The van der Waals surface area contributed by atoms with E-state index in [-0.39, 0.29) is 0 Å². The Morgan fingerprint density at radius 2 is 1.47 bits per heavy atom. The minimum Gasteiger partial charge on any atom is -0.497 e. The van der Waals surface area contributed by atoms with E-state index in [1.54, 1.807) is 32.3 Å². The highest BCUT2D eigenvalue weighted by molar-refractivity contribution is 7.98. The Bertz CT molecular complexity index is 1340. The van der Waals surface area contributed by atoms with Gasteiger partial charge < -0.3 is 9.47 Å². The van der Waals surface area contributed by atoms with Gasteiger partial charge in [-0.3, -0.25) is 9.13 Å². The first-order chi connectivity index (χ1) is 15.8. The molecule has 3 aromatic carbocycles. The van der Waals surface area contributed by atoms with Crippen LogP contribution >= 0.6 is 11.8 Å². The summed E-state index contributed by atoms with van der Waals surface area (Å²) in [4.78, 5) is 4.89. The monoisotopic (exact) mass is 443 g/mol. The lowest BCUT2D eigenvalue weighted by Gasteiger charge is -2.11. The molecule has 0 aliphatic heterocycles. The molecule has 0 saturated heterocycles. The number of para-hydroxylation sites is 2. The third-order valence-corrected chi connectivity index (χ3v) is 6.10. The highest BCUT2D eigenvalue weighted by Gasteiger charge is 2.15. The molecule has 0 spiro atoms. The minimum absolute atomic E-state index is 0.634. The Hall–Kier alpha value is -3.78. The van der Waals surface area contributed by atoms with Crippen LogP contribution in [0.3, 0.4) is 0 Å². The molecule has 0 amide bonds. The fourth-order valence-electron chi connectivity index (χ4n) is 3.56. The number of ether oxygens (including phenoxy) is 2. The molecule has 5 rings (SSSR count). The van der Waals surface area contributed by atoms with E-state index in [2.05, 4.69) is 20.8 Å². The molecule has 7 nitrogen and oxygen atoms in total. The predicted octanol–water partition coefficient (Wildman–Crippen LogP) is 4.92. The van der Waals surface area contributed by atoms with E-state index < -0.39 is 0 Å². The summed E-state index contributed by atoms with van der Waals surface area (Å²) in [6.45, 7) is 0. The number of imidazole rings is 1. The molecule has 5 aromatic rings. The second-order valence-electron chi connectivity index (χ2n) is 7.02. The van der Waals surface area contributed by atoms with Gasteiger partial charge >= 0.3 is 0 Å². The standard InChI is InChI=1S/C24H21N5O2S/c1-30-19-11-7-17(8-12-19)28-16-25-27-24(28)32-15-23-26-21-5-3-4-6-22(21)29(23)18-9-13-20(31-2)14-10-18/h3-14,16H,15H2,1-2H3. The summed E-state index contributed by atoms with van der Waals surface area (Å²) in [6.07, 6.45) is 1.72. The summed E-state index contributed by atoms with van der Waals surface area (Å²) in [6, 6.07) is 24.0. The van der Waals surface area contributed by atoms with Gasteiger partial charge in [0.05, 0.1) is 31.0 Å². The van der Waals surface area contributed by atoms with Crippen LogP contribution in [-0.4, -0.2) is 38.5 Å². The Kier molecular flexibility index (Phi) is 5.51. The Balaban J connectivity index is 1.47. The molecule has 0 aliphatic rings. The van der Waals surface area contributed by atoms with Crippen molar-refractivity contribution in [3.8, 4) is 22.9 Å². The normalized spacial score (nSPS) is 11.1. The molecule has 0 unspecified atom stereocenters.